The van der Waals surface area contributed by atoms with Gasteiger partial charge in [0.25, 0.3) is 0 Å². The molecule has 0 atom stereocenters. The molecule has 0 rings (SSSR count). The molecule has 0 radical (unpaired) electrons. The van der Waals surface area contributed by atoms with E-state index in [-0.39, 0.29) is 0 Å². The van der Waals surface area contributed by atoms with Crippen LogP contribution in [0.25, 0.3) is 0 Å². The zero-order valence-electron chi connectivity index (χ0n) is 15.4. The maximum Gasteiger partial charge on any atom is 0.00460 e. The first kappa shape index (κ1) is 21.7. The average molecular weight is 345 g/mol. The molecule has 0 aromatic heterocycles. The second-order valence-electron chi connectivity index (χ2n) is 7.01. The van der Waals surface area contributed by atoms with Gasteiger partial charge in [-0.2, -0.15) is 0 Å². The molecule has 21 heavy (non-hydrogen) atoms. The Kier molecular flexibility index (Phi) is 21.3. The minimum atomic E-state index is 0.558. The zero-order valence-corrected chi connectivity index (χ0v) is 20.3. The van der Waals surface area contributed by atoms with Crippen LogP contribution in [0.5, 0.6) is 0 Å². The Hall–Kier alpha value is 0.651. The summed E-state index contributed by atoms with van der Waals surface area (Å²) in [4.78, 5) is 0. The molecular weight excluding hydrogens is 300 g/mol. The van der Waals surface area contributed by atoms with Gasteiger partial charge in [0.05, 0.1) is 0 Å². The van der Waals surface area contributed by atoms with Crippen molar-refractivity contribution >= 4 is 27.4 Å². The fourth-order valence-electron chi connectivity index (χ4n) is 3.15. The Bertz CT molecular complexity index is 156. The molecule has 0 aromatic rings. The van der Waals surface area contributed by atoms with Gasteiger partial charge in [-0.15, -0.1) is 0 Å². The van der Waals surface area contributed by atoms with E-state index in [2.05, 4.69) is 6.92 Å². The first-order valence-corrected chi connectivity index (χ1v) is 21.1. The summed E-state index contributed by atoms with van der Waals surface area (Å²) in [5.74, 6) is 0. The summed E-state index contributed by atoms with van der Waals surface area (Å²) in [5.41, 5.74) is 0. The Morgan fingerprint density at radius 3 is 1.19 bits per heavy atom. The lowest BCUT2D eigenvalue weighted by Gasteiger charge is -2.03. The lowest BCUT2D eigenvalue weighted by atomic mass is 10.0. The van der Waals surface area contributed by atoms with Gasteiger partial charge in [-0.1, -0.05) is 116 Å². The van der Waals surface area contributed by atoms with Gasteiger partial charge in [-0.25, -0.2) is 0 Å². The van der Waals surface area contributed by atoms with Crippen molar-refractivity contribution in [3.8, 4) is 0 Å². The maximum absolute atomic E-state index is 2.30. The zero-order chi connectivity index (χ0) is 15.4. The van der Waals surface area contributed by atoms with Crippen molar-refractivity contribution in [3.63, 3.8) is 0 Å². The number of rotatable bonds is 18. The monoisotopic (exact) mass is 344 g/mol. The van der Waals surface area contributed by atoms with Crippen LogP contribution in [-0.4, -0.2) is 27.4 Å². The van der Waals surface area contributed by atoms with E-state index in [1.54, 1.807) is 28.6 Å². The third-order valence-electron chi connectivity index (χ3n) is 4.71. The minimum absolute atomic E-state index is 0.558. The molecule has 0 saturated carbocycles. The van der Waals surface area contributed by atoms with Gasteiger partial charge in [0, 0.05) is 9.04 Å². The molecule has 0 heterocycles. The minimum Gasteiger partial charge on any atom is -0.0655 e. The third kappa shape index (κ3) is 20.7. The Balaban J connectivity index is 2.90. The highest BCUT2D eigenvalue weighted by Crippen LogP contribution is 2.13. The van der Waals surface area contributed by atoms with Crippen LogP contribution < -0.4 is 0 Å². The van der Waals surface area contributed by atoms with Crippen molar-refractivity contribution in [2.45, 2.75) is 116 Å². The first-order valence-electron chi connectivity index (χ1n) is 10.4. The van der Waals surface area contributed by atoms with Crippen LogP contribution in [0.4, 0.5) is 0 Å². The van der Waals surface area contributed by atoms with Crippen LogP contribution in [0.2, 0.25) is 6.04 Å². The molecule has 0 fully saturated rings. The summed E-state index contributed by atoms with van der Waals surface area (Å²) < 4.78 is 0. The highest BCUT2D eigenvalue weighted by molar-refractivity contribution is 7.23. The van der Waals surface area contributed by atoms with E-state index in [4.69, 9.17) is 0 Å². The molecule has 0 bridgehead atoms. The summed E-state index contributed by atoms with van der Waals surface area (Å²) >= 11 is 0. The molecule has 0 aliphatic carbocycles. The fourth-order valence-corrected chi connectivity index (χ4v) is 11.4. The van der Waals surface area contributed by atoms with E-state index in [0.29, 0.717) is 17.6 Å². The van der Waals surface area contributed by atoms with Crippen LogP contribution in [0.3, 0.4) is 0 Å². The fraction of sp³-hybridized carbons (Fsp3) is 1.00. The molecule has 0 amide bonds. The molecule has 0 N–H and O–H groups in total. The normalized spacial score (nSPS) is 12.4. The quantitative estimate of drug-likeness (QED) is 0.258. The second-order valence-corrected chi connectivity index (χ2v) is 23.5. The maximum atomic E-state index is 2.30. The van der Waals surface area contributed by atoms with E-state index in [1.165, 1.54) is 89.9 Å². The Morgan fingerprint density at radius 2 is 0.857 bits per heavy atom. The predicted octanol–water partition coefficient (Wildman–Crippen LogP) is 4.20. The molecule has 0 nitrogen and oxygen atoms in total. The summed E-state index contributed by atoms with van der Waals surface area (Å²) in [6.07, 6.45) is 24.0. The van der Waals surface area contributed by atoms with Gasteiger partial charge in [-0.3, -0.25) is 0 Å². The van der Waals surface area contributed by atoms with Crippen molar-refractivity contribution in [1.82, 2.24) is 0 Å². The van der Waals surface area contributed by atoms with Crippen molar-refractivity contribution in [3.05, 3.63) is 0 Å². The SMILES string of the molecule is CCCCCCCCCCCCCCCCCC[SiH2][SiH2][SiH3]. The van der Waals surface area contributed by atoms with Crippen LogP contribution in [-0.2, 0) is 0 Å². The number of unbranched alkanes of at least 4 members (excludes halogenated alkanes) is 15. The largest absolute Gasteiger partial charge is 0.0655 e. The van der Waals surface area contributed by atoms with Gasteiger partial charge in [0.2, 0.25) is 0 Å². The summed E-state index contributed by atoms with van der Waals surface area (Å²) in [7, 11) is 2.79. The van der Waals surface area contributed by atoms with Crippen molar-refractivity contribution in [1.29, 1.82) is 0 Å². The van der Waals surface area contributed by atoms with Crippen molar-refractivity contribution in [2.24, 2.45) is 0 Å². The van der Waals surface area contributed by atoms with Crippen LogP contribution in [0.1, 0.15) is 110 Å². The Morgan fingerprint density at radius 1 is 0.524 bits per heavy atom. The molecule has 0 unspecified atom stereocenters. The highest BCUT2D eigenvalue weighted by atomic mass is 29.5. The van der Waals surface area contributed by atoms with Crippen molar-refractivity contribution < 1.29 is 0 Å². The van der Waals surface area contributed by atoms with E-state index < -0.39 is 0 Å². The van der Waals surface area contributed by atoms with Crippen LogP contribution >= 0.6 is 0 Å². The lowest BCUT2D eigenvalue weighted by Crippen LogP contribution is -2.01. The number of hydrogen-bond acceptors (Lipinski definition) is 0. The number of hydrogen-bond donors (Lipinski definition) is 0. The van der Waals surface area contributed by atoms with Crippen LogP contribution in [0.15, 0.2) is 0 Å². The molecule has 0 aromatic carbocycles. The molecule has 128 valence electrons. The second kappa shape index (κ2) is 20.7. The van der Waals surface area contributed by atoms with E-state index in [0.717, 1.165) is 0 Å². The van der Waals surface area contributed by atoms with Gasteiger partial charge >= 0.3 is 0 Å². The molecule has 3 heteroatoms. The molecular formula is C18H44Si3. The highest BCUT2D eigenvalue weighted by Gasteiger charge is 1.94. The Labute approximate surface area is 143 Å². The topological polar surface area (TPSA) is 0 Å². The van der Waals surface area contributed by atoms with Gasteiger partial charge in [-0.05, 0) is 18.3 Å². The molecule has 0 saturated heterocycles. The van der Waals surface area contributed by atoms with Crippen molar-refractivity contribution in [2.75, 3.05) is 0 Å². The van der Waals surface area contributed by atoms with Gasteiger partial charge in [0.1, 0.15) is 0 Å². The molecule has 0 aliphatic heterocycles. The third-order valence-corrected chi connectivity index (χ3v) is 16.4. The average Bonchev–Trinajstić information content (AvgIpc) is 2.50. The van der Waals surface area contributed by atoms with Crippen LogP contribution in [0, 0.1) is 0 Å². The van der Waals surface area contributed by atoms with E-state index in [1.807, 2.05) is 0 Å². The lowest BCUT2D eigenvalue weighted by molar-refractivity contribution is 0.531. The smallest absolute Gasteiger partial charge is 0.00460 e. The summed E-state index contributed by atoms with van der Waals surface area (Å²) in [6.45, 7) is 2.30. The summed E-state index contributed by atoms with van der Waals surface area (Å²) in [5, 5.41) is 0. The summed E-state index contributed by atoms with van der Waals surface area (Å²) in [6, 6.07) is 1.70. The molecule has 0 spiro atoms. The predicted molar refractivity (Wildman–Crippen MR) is 111 cm³/mol. The van der Waals surface area contributed by atoms with Gasteiger partial charge < -0.3 is 0 Å². The van der Waals surface area contributed by atoms with E-state index in [9.17, 15) is 0 Å². The molecule has 0 aliphatic rings. The van der Waals surface area contributed by atoms with E-state index >= 15 is 0 Å². The standard InChI is InChI=1S/C18H44Si3/c1-2-3-4-5-6-7-8-9-10-11-12-13-14-15-16-17-18-20-21-19/h2-18,20-21H2,1,19H3. The first-order chi connectivity index (χ1) is 10.4. The van der Waals surface area contributed by atoms with Gasteiger partial charge in [0.15, 0.2) is 0 Å².